The van der Waals surface area contributed by atoms with Crippen LogP contribution in [0.2, 0.25) is 0 Å². The number of rotatable bonds is 12. The van der Waals surface area contributed by atoms with Gasteiger partial charge in [0.15, 0.2) is 0 Å². The van der Waals surface area contributed by atoms with Crippen LogP contribution in [0.25, 0.3) is 10.9 Å². The van der Waals surface area contributed by atoms with Crippen LogP contribution in [-0.4, -0.2) is 50.4 Å². The molecule has 6 N–H and O–H groups in total. The third-order valence-corrected chi connectivity index (χ3v) is 6.66. The highest BCUT2D eigenvalue weighted by atomic mass is 16.4. The summed E-state index contributed by atoms with van der Waals surface area (Å²) in [5.74, 6) is -4.13. The molecule has 0 saturated heterocycles. The molecule has 3 amide bonds. The van der Waals surface area contributed by atoms with Gasteiger partial charge in [-0.15, -0.1) is 0 Å². The number of carboxylic acid groups (broad SMARTS) is 1. The number of nitrogens with two attached hydrogens (primary N) is 1. The van der Waals surface area contributed by atoms with Crippen LogP contribution in [0, 0.1) is 0 Å². The molecule has 216 valence electrons. The van der Waals surface area contributed by atoms with Crippen molar-refractivity contribution in [2.75, 3.05) is 0 Å². The number of benzene rings is 3. The van der Waals surface area contributed by atoms with Gasteiger partial charge in [0.25, 0.3) is 5.56 Å². The van der Waals surface area contributed by atoms with Gasteiger partial charge in [-0.05, 0) is 23.3 Å². The van der Waals surface area contributed by atoms with Gasteiger partial charge < -0.3 is 26.5 Å². The van der Waals surface area contributed by atoms with Gasteiger partial charge >= 0.3 is 11.7 Å². The quantitative estimate of drug-likeness (QED) is 0.165. The molecule has 0 fully saturated rings. The maximum Gasteiger partial charge on any atom is 0.329 e. The van der Waals surface area contributed by atoms with Crippen LogP contribution in [-0.2, 0) is 32.0 Å². The molecule has 0 aliphatic heterocycles. The Morgan fingerprint density at radius 1 is 0.762 bits per heavy atom. The molecule has 0 saturated carbocycles. The van der Waals surface area contributed by atoms with E-state index in [1.165, 1.54) is 6.07 Å². The van der Waals surface area contributed by atoms with Crippen molar-refractivity contribution in [3.05, 3.63) is 117 Å². The zero-order chi connectivity index (χ0) is 30.2. The molecule has 0 bridgehead atoms. The fourth-order valence-electron chi connectivity index (χ4n) is 4.60. The molecule has 3 atom stereocenters. The minimum Gasteiger partial charge on any atom is -0.480 e. The third kappa shape index (κ3) is 7.16. The van der Waals surface area contributed by atoms with Crippen molar-refractivity contribution in [1.82, 2.24) is 20.2 Å². The van der Waals surface area contributed by atoms with E-state index >= 15 is 0 Å². The number of aromatic nitrogens is 2. The Balaban J connectivity index is 1.73. The first-order valence-electron chi connectivity index (χ1n) is 13.1. The van der Waals surface area contributed by atoms with E-state index in [0.29, 0.717) is 16.6 Å². The number of para-hydroxylation sites is 1. The van der Waals surface area contributed by atoms with E-state index in [1.54, 1.807) is 78.9 Å². The van der Waals surface area contributed by atoms with Gasteiger partial charge in [0.1, 0.15) is 18.1 Å². The van der Waals surface area contributed by atoms with Gasteiger partial charge in [0.2, 0.25) is 17.7 Å². The summed E-state index contributed by atoms with van der Waals surface area (Å²) in [6.45, 7) is 0. The lowest BCUT2D eigenvalue weighted by atomic mass is 10.0. The molecule has 0 unspecified atom stereocenters. The van der Waals surface area contributed by atoms with Crippen LogP contribution >= 0.6 is 0 Å². The fraction of sp³-hybridized carbons (Fsp3) is 0.200. The molecule has 4 rings (SSSR count). The van der Waals surface area contributed by atoms with Crippen molar-refractivity contribution in [3.63, 3.8) is 0 Å². The number of fused-ring (bicyclic) bond motifs is 1. The number of H-pyrrole nitrogens is 1. The number of hydrogen-bond acceptors (Lipinski definition) is 6. The second-order valence-corrected chi connectivity index (χ2v) is 9.68. The summed E-state index contributed by atoms with van der Waals surface area (Å²) in [5.41, 5.74) is 5.23. The van der Waals surface area contributed by atoms with Crippen LogP contribution in [0.5, 0.6) is 0 Å². The average Bonchev–Trinajstić information content (AvgIpc) is 2.96. The molecule has 1 heterocycles. The van der Waals surface area contributed by atoms with Crippen molar-refractivity contribution in [2.24, 2.45) is 5.73 Å². The number of primary amides is 1. The monoisotopic (exact) mass is 571 g/mol. The second-order valence-electron chi connectivity index (χ2n) is 9.68. The Kier molecular flexibility index (Phi) is 9.28. The third-order valence-electron chi connectivity index (χ3n) is 6.66. The molecule has 12 heteroatoms. The minimum absolute atomic E-state index is 0.0532. The highest BCUT2D eigenvalue weighted by molar-refractivity contribution is 5.93. The van der Waals surface area contributed by atoms with Gasteiger partial charge in [-0.3, -0.25) is 19.2 Å². The maximum atomic E-state index is 13.9. The van der Waals surface area contributed by atoms with Crippen LogP contribution in [0.15, 0.2) is 94.5 Å². The normalized spacial score (nSPS) is 13.0. The SMILES string of the molecule is NC(=O)C[C@@H](NC(=O)[C@H](Cc1ccccc1)NC(=O)[C@H](Cc1ccccc1)n1c(=O)[nH]c2ccccc2c1=O)C(=O)O. The summed E-state index contributed by atoms with van der Waals surface area (Å²) < 4.78 is 0.815. The number of nitrogens with zero attached hydrogens (tertiary/aromatic N) is 1. The van der Waals surface area contributed by atoms with E-state index < -0.39 is 59.5 Å². The Morgan fingerprint density at radius 3 is 1.90 bits per heavy atom. The summed E-state index contributed by atoms with van der Waals surface area (Å²) >= 11 is 0. The molecule has 4 aromatic rings. The van der Waals surface area contributed by atoms with E-state index in [-0.39, 0.29) is 18.2 Å². The highest BCUT2D eigenvalue weighted by Crippen LogP contribution is 2.15. The number of carbonyl (C=O) groups excluding carboxylic acids is 3. The average molecular weight is 572 g/mol. The topological polar surface area (TPSA) is 193 Å². The lowest BCUT2D eigenvalue weighted by Crippen LogP contribution is -2.55. The fourth-order valence-corrected chi connectivity index (χ4v) is 4.60. The Hall–Kier alpha value is -5.52. The Bertz CT molecular complexity index is 1720. The summed E-state index contributed by atoms with van der Waals surface area (Å²) in [6, 6.07) is 19.4. The standard InChI is InChI=1S/C30H29N5O7/c31-25(36)17-23(29(40)41)33-26(37)22(15-18-9-3-1-4-10-18)32-27(38)24(16-19-11-5-2-6-12-19)35-28(39)20-13-7-8-14-21(20)34-30(35)42/h1-14,22-24H,15-17H2,(H2,31,36)(H,32,38)(H,33,37)(H,34,42)(H,40,41)/t22-,23+,24-/m0/s1. The van der Waals surface area contributed by atoms with Crippen LogP contribution < -0.4 is 27.6 Å². The summed E-state index contributed by atoms with van der Waals surface area (Å²) in [6.07, 6.45) is -0.777. The zero-order valence-corrected chi connectivity index (χ0v) is 22.4. The van der Waals surface area contributed by atoms with Crippen molar-refractivity contribution in [1.29, 1.82) is 0 Å². The molecule has 0 aliphatic rings. The first-order valence-corrected chi connectivity index (χ1v) is 13.1. The van der Waals surface area contributed by atoms with E-state index in [9.17, 15) is 33.9 Å². The molecule has 0 aliphatic carbocycles. The summed E-state index contributed by atoms with van der Waals surface area (Å²) in [4.78, 5) is 79.6. The van der Waals surface area contributed by atoms with Crippen LogP contribution in [0.4, 0.5) is 0 Å². The lowest BCUT2D eigenvalue weighted by Gasteiger charge is -2.25. The van der Waals surface area contributed by atoms with Gasteiger partial charge in [0, 0.05) is 12.8 Å². The van der Waals surface area contributed by atoms with Crippen molar-refractivity contribution >= 4 is 34.6 Å². The van der Waals surface area contributed by atoms with Crippen molar-refractivity contribution in [2.45, 2.75) is 37.4 Å². The lowest BCUT2D eigenvalue weighted by molar-refractivity contribution is -0.143. The van der Waals surface area contributed by atoms with Gasteiger partial charge in [-0.25, -0.2) is 14.2 Å². The highest BCUT2D eigenvalue weighted by Gasteiger charge is 2.32. The Labute approximate surface area is 239 Å². The maximum absolute atomic E-state index is 13.9. The molecule has 42 heavy (non-hydrogen) atoms. The molecule has 3 aromatic carbocycles. The molecule has 1 aromatic heterocycles. The molecule has 0 spiro atoms. The number of aromatic amines is 1. The van der Waals surface area contributed by atoms with Gasteiger partial charge in [0.05, 0.1) is 17.3 Å². The predicted molar refractivity (Wildman–Crippen MR) is 153 cm³/mol. The van der Waals surface area contributed by atoms with E-state index in [4.69, 9.17) is 5.73 Å². The van der Waals surface area contributed by atoms with Crippen LogP contribution in [0.1, 0.15) is 23.6 Å². The molecular weight excluding hydrogens is 542 g/mol. The smallest absolute Gasteiger partial charge is 0.329 e. The molecular formula is C30H29N5O7. The first-order chi connectivity index (χ1) is 20.1. The number of nitrogens with one attached hydrogen (secondary N) is 3. The first kappa shape index (κ1) is 29.5. The van der Waals surface area contributed by atoms with E-state index in [2.05, 4.69) is 15.6 Å². The minimum atomic E-state index is -1.63. The number of aliphatic carboxylic acids is 1. The second kappa shape index (κ2) is 13.2. The predicted octanol–water partition coefficient (Wildman–Crippen LogP) is 0.646. The summed E-state index contributed by atoms with van der Waals surface area (Å²) in [7, 11) is 0. The van der Waals surface area contributed by atoms with E-state index in [1.807, 2.05) is 0 Å². The Morgan fingerprint density at radius 2 is 1.31 bits per heavy atom. The van der Waals surface area contributed by atoms with E-state index in [0.717, 1.165) is 4.57 Å². The number of amides is 3. The largest absolute Gasteiger partial charge is 0.480 e. The number of carbonyl (C=O) groups is 4. The van der Waals surface area contributed by atoms with Crippen molar-refractivity contribution in [3.8, 4) is 0 Å². The summed E-state index contributed by atoms with van der Waals surface area (Å²) in [5, 5.41) is 14.5. The van der Waals surface area contributed by atoms with Crippen molar-refractivity contribution < 1.29 is 24.3 Å². The zero-order valence-electron chi connectivity index (χ0n) is 22.4. The number of carboxylic acids is 1. The molecule has 12 nitrogen and oxygen atoms in total. The molecule has 0 radical (unpaired) electrons. The van der Waals surface area contributed by atoms with Gasteiger partial charge in [-0.2, -0.15) is 0 Å². The van der Waals surface area contributed by atoms with Crippen LogP contribution in [0.3, 0.4) is 0 Å². The van der Waals surface area contributed by atoms with Gasteiger partial charge in [-0.1, -0.05) is 72.8 Å². The number of hydrogen-bond donors (Lipinski definition) is 5.